The molecule has 0 radical (unpaired) electrons. The summed E-state index contributed by atoms with van der Waals surface area (Å²) in [5.74, 6) is 1.67. The topological polar surface area (TPSA) is 41.3 Å². The van der Waals surface area contributed by atoms with E-state index in [-0.39, 0.29) is 0 Å². The second-order valence-corrected chi connectivity index (χ2v) is 5.71. The van der Waals surface area contributed by atoms with E-state index < -0.39 is 0 Å². The van der Waals surface area contributed by atoms with Crippen LogP contribution in [0.4, 0.5) is 5.69 Å². The van der Waals surface area contributed by atoms with Crippen LogP contribution < -0.4 is 10.2 Å². The van der Waals surface area contributed by atoms with Gasteiger partial charge in [0.05, 0.1) is 12.2 Å². The molecule has 2 heterocycles. The minimum atomic E-state index is 0.669. The van der Waals surface area contributed by atoms with Crippen molar-refractivity contribution in [1.82, 2.24) is 10.3 Å². The molecular weight excluding hydrogens is 262 g/mol. The van der Waals surface area contributed by atoms with Crippen LogP contribution in [0.1, 0.15) is 35.7 Å². The number of nitrogens with one attached hydrogen (secondary N) is 1. The molecule has 0 spiro atoms. The van der Waals surface area contributed by atoms with Crippen LogP contribution in [0.2, 0.25) is 0 Å². The molecule has 2 aromatic rings. The van der Waals surface area contributed by atoms with Crippen LogP contribution in [-0.2, 0) is 13.1 Å². The quantitative estimate of drug-likeness (QED) is 0.916. The Kier molecular flexibility index (Phi) is 4.25. The van der Waals surface area contributed by atoms with Gasteiger partial charge in [-0.2, -0.15) is 0 Å². The molecule has 1 aromatic carbocycles. The first-order valence-electron chi connectivity index (χ1n) is 7.70. The van der Waals surface area contributed by atoms with E-state index >= 15 is 0 Å². The molecule has 4 nitrogen and oxygen atoms in total. The summed E-state index contributed by atoms with van der Waals surface area (Å²) >= 11 is 0. The van der Waals surface area contributed by atoms with E-state index in [0.29, 0.717) is 6.54 Å². The zero-order valence-electron chi connectivity index (χ0n) is 12.9. The summed E-state index contributed by atoms with van der Waals surface area (Å²) in [6.07, 6.45) is 2.64. The summed E-state index contributed by atoms with van der Waals surface area (Å²) in [5, 5.41) is 3.38. The molecule has 0 unspecified atom stereocenters. The lowest BCUT2D eigenvalue weighted by Gasteiger charge is -2.17. The fraction of sp³-hybridized carbons (Fsp3) is 0.471. The zero-order valence-corrected chi connectivity index (χ0v) is 12.9. The molecular formula is C17H23N3O. The van der Waals surface area contributed by atoms with Gasteiger partial charge in [-0.15, -0.1) is 0 Å². The SMILES string of the molecule is Cc1nc(CNCc2ccc(N3CCCC3)cc2)oc1C. The zero-order chi connectivity index (χ0) is 14.7. The highest BCUT2D eigenvalue weighted by molar-refractivity contribution is 5.48. The number of oxazole rings is 1. The van der Waals surface area contributed by atoms with E-state index in [1.165, 1.54) is 37.2 Å². The van der Waals surface area contributed by atoms with Crippen LogP contribution in [0.5, 0.6) is 0 Å². The van der Waals surface area contributed by atoms with Crippen LogP contribution in [0.3, 0.4) is 0 Å². The van der Waals surface area contributed by atoms with Gasteiger partial charge in [0.1, 0.15) is 5.76 Å². The Bertz CT molecular complexity index is 563. The van der Waals surface area contributed by atoms with E-state index in [0.717, 1.165) is 23.9 Å². The van der Waals surface area contributed by atoms with E-state index in [2.05, 4.69) is 39.5 Å². The molecule has 4 heteroatoms. The van der Waals surface area contributed by atoms with Crippen molar-refractivity contribution in [3.8, 4) is 0 Å². The number of rotatable bonds is 5. The van der Waals surface area contributed by atoms with Gasteiger partial charge in [-0.05, 0) is 44.4 Å². The second kappa shape index (κ2) is 6.31. The van der Waals surface area contributed by atoms with E-state index in [9.17, 15) is 0 Å². The minimum Gasteiger partial charge on any atom is -0.444 e. The second-order valence-electron chi connectivity index (χ2n) is 5.71. The van der Waals surface area contributed by atoms with Gasteiger partial charge >= 0.3 is 0 Å². The van der Waals surface area contributed by atoms with Crippen LogP contribution in [-0.4, -0.2) is 18.1 Å². The summed E-state index contributed by atoms with van der Waals surface area (Å²) in [7, 11) is 0. The third-order valence-corrected chi connectivity index (χ3v) is 4.09. The van der Waals surface area contributed by atoms with E-state index in [4.69, 9.17) is 4.42 Å². The minimum absolute atomic E-state index is 0.669. The number of hydrogen-bond donors (Lipinski definition) is 1. The first kappa shape index (κ1) is 14.1. The molecule has 112 valence electrons. The maximum Gasteiger partial charge on any atom is 0.208 e. The summed E-state index contributed by atoms with van der Waals surface area (Å²) in [5.41, 5.74) is 3.61. The Balaban J connectivity index is 1.51. The van der Waals surface area contributed by atoms with Gasteiger partial charge in [-0.25, -0.2) is 4.98 Å². The molecule has 0 saturated carbocycles. The van der Waals surface area contributed by atoms with Gasteiger partial charge in [0.2, 0.25) is 5.89 Å². The predicted octanol–water partition coefficient (Wildman–Crippen LogP) is 3.18. The van der Waals surface area contributed by atoms with Gasteiger partial charge in [0, 0.05) is 25.3 Å². The van der Waals surface area contributed by atoms with Crippen molar-refractivity contribution >= 4 is 5.69 Å². The third-order valence-electron chi connectivity index (χ3n) is 4.09. The Morgan fingerprint density at radius 1 is 1.10 bits per heavy atom. The van der Waals surface area contributed by atoms with Crippen molar-refractivity contribution in [2.75, 3.05) is 18.0 Å². The van der Waals surface area contributed by atoms with Gasteiger partial charge in [0.15, 0.2) is 0 Å². The average molecular weight is 285 g/mol. The van der Waals surface area contributed by atoms with Crippen molar-refractivity contribution in [1.29, 1.82) is 0 Å². The Labute approximate surface area is 126 Å². The average Bonchev–Trinajstić information content (AvgIpc) is 3.11. The van der Waals surface area contributed by atoms with Crippen molar-refractivity contribution in [2.45, 2.75) is 39.8 Å². The fourth-order valence-corrected chi connectivity index (χ4v) is 2.73. The summed E-state index contributed by atoms with van der Waals surface area (Å²) in [6, 6.07) is 8.85. The monoisotopic (exact) mass is 285 g/mol. The number of anilines is 1. The van der Waals surface area contributed by atoms with Crippen LogP contribution in [0.25, 0.3) is 0 Å². The molecule has 1 aromatic heterocycles. The normalized spacial score (nSPS) is 14.9. The highest BCUT2D eigenvalue weighted by Gasteiger charge is 2.11. The smallest absolute Gasteiger partial charge is 0.208 e. The molecule has 3 rings (SSSR count). The van der Waals surface area contributed by atoms with Crippen molar-refractivity contribution in [3.63, 3.8) is 0 Å². The predicted molar refractivity (Wildman–Crippen MR) is 84.4 cm³/mol. The van der Waals surface area contributed by atoms with Crippen LogP contribution in [0.15, 0.2) is 28.7 Å². The summed E-state index contributed by atoms with van der Waals surface area (Å²) < 4.78 is 5.56. The molecule has 0 bridgehead atoms. The lowest BCUT2D eigenvalue weighted by molar-refractivity contribution is 0.448. The van der Waals surface area contributed by atoms with Crippen LogP contribution >= 0.6 is 0 Å². The molecule has 1 aliphatic heterocycles. The third kappa shape index (κ3) is 3.45. The number of aromatic nitrogens is 1. The molecule has 0 atom stereocenters. The Morgan fingerprint density at radius 2 is 1.81 bits per heavy atom. The first-order valence-corrected chi connectivity index (χ1v) is 7.70. The lowest BCUT2D eigenvalue weighted by atomic mass is 10.2. The Hall–Kier alpha value is -1.81. The van der Waals surface area contributed by atoms with Crippen molar-refractivity contribution in [3.05, 3.63) is 47.2 Å². The largest absolute Gasteiger partial charge is 0.444 e. The molecule has 1 saturated heterocycles. The van der Waals surface area contributed by atoms with Crippen molar-refractivity contribution < 1.29 is 4.42 Å². The fourth-order valence-electron chi connectivity index (χ4n) is 2.73. The number of hydrogen-bond acceptors (Lipinski definition) is 4. The van der Waals surface area contributed by atoms with Gasteiger partial charge < -0.3 is 14.6 Å². The lowest BCUT2D eigenvalue weighted by Crippen LogP contribution is -2.17. The molecule has 0 aliphatic carbocycles. The van der Waals surface area contributed by atoms with Gasteiger partial charge in [-0.1, -0.05) is 12.1 Å². The van der Waals surface area contributed by atoms with Crippen molar-refractivity contribution in [2.24, 2.45) is 0 Å². The maximum absolute atomic E-state index is 5.56. The molecule has 1 aliphatic rings. The molecule has 0 amide bonds. The summed E-state index contributed by atoms with van der Waals surface area (Å²) in [6.45, 7) is 7.81. The maximum atomic E-state index is 5.56. The summed E-state index contributed by atoms with van der Waals surface area (Å²) in [4.78, 5) is 6.83. The standard InChI is InChI=1S/C17H23N3O/c1-13-14(2)21-17(19-13)12-18-11-15-5-7-16(8-6-15)20-9-3-4-10-20/h5-8,18H,3-4,9-12H2,1-2H3. The molecule has 1 fully saturated rings. The number of aryl methyl sites for hydroxylation is 2. The molecule has 1 N–H and O–H groups in total. The van der Waals surface area contributed by atoms with Gasteiger partial charge in [-0.3, -0.25) is 0 Å². The number of nitrogens with zero attached hydrogens (tertiary/aromatic N) is 2. The highest BCUT2D eigenvalue weighted by atomic mass is 16.4. The number of benzene rings is 1. The van der Waals surface area contributed by atoms with E-state index in [1.54, 1.807) is 0 Å². The highest BCUT2D eigenvalue weighted by Crippen LogP contribution is 2.20. The Morgan fingerprint density at radius 3 is 2.43 bits per heavy atom. The molecule has 21 heavy (non-hydrogen) atoms. The van der Waals surface area contributed by atoms with E-state index in [1.807, 2.05) is 13.8 Å². The van der Waals surface area contributed by atoms with Crippen LogP contribution in [0, 0.1) is 13.8 Å². The van der Waals surface area contributed by atoms with Gasteiger partial charge in [0.25, 0.3) is 0 Å². The first-order chi connectivity index (χ1) is 10.2.